The molecule has 2 N–H and O–H groups in total. The van der Waals surface area contributed by atoms with Gasteiger partial charge in [0.15, 0.2) is 0 Å². The Morgan fingerprint density at radius 3 is 1.90 bits per heavy atom. The van der Waals surface area contributed by atoms with Crippen LogP contribution in [0.15, 0.2) is 35.2 Å². The molecular formula is C13H9F4NOS. The summed E-state index contributed by atoms with van der Waals surface area (Å²) in [6.07, 6.45) is 0. The molecule has 0 amide bonds. The maximum atomic E-state index is 13.6. The van der Waals surface area contributed by atoms with E-state index in [1.807, 2.05) is 0 Å². The highest BCUT2D eigenvalue weighted by atomic mass is 32.2. The van der Waals surface area contributed by atoms with E-state index >= 15 is 0 Å². The van der Waals surface area contributed by atoms with Crippen LogP contribution in [0.1, 0.15) is 5.56 Å². The van der Waals surface area contributed by atoms with Crippen LogP contribution in [0.25, 0.3) is 0 Å². The van der Waals surface area contributed by atoms with Crippen LogP contribution in [-0.4, -0.2) is 4.21 Å². The van der Waals surface area contributed by atoms with Crippen LogP contribution in [0.3, 0.4) is 0 Å². The fourth-order valence-electron chi connectivity index (χ4n) is 1.71. The Balaban J connectivity index is 2.33. The first-order valence-electron chi connectivity index (χ1n) is 5.44. The van der Waals surface area contributed by atoms with E-state index in [1.54, 1.807) is 0 Å². The summed E-state index contributed by atoms with van der Waals surface area (Å²) >= 11 is 0. The fourth-order valence-corrected chi connectivity index (χ4v) is 2.88. The van der Waals surface area contributed by atoms with Crippen LogP contribution in [-0.2, 0) is 16.6 Å². The zero-order valence-corrected chi connectivity index (χ0v) is 10.8. The lowest BCUT2D eigenvalue weighted by atomic mass is 10.2. The summed E-state index contributed by atoms with van der Waals surface area (Å²) in [6.45, 7) is 0. The standard InChI is InChI=1S/C13H9F4NOS/c14-8-1-7(2-9(15)3-8)6-20(19)13-11(16)4-10(18)5-12(13)17/h1-5H,6,18H2. The van der Waals surface area contributed by atoms with Gasteiger partial charge in [-0.1, -0.05) is 0 Å². The summed E-state index contributed by atoms with van der Waals surface area (Å²) in [6, 6.07) is 4.23. The maximum absolute atomic E-state index is 13.6. The minimum Gasteiger partial charge on any atom is -0.399 e. The van der Waals surface area contributed by atoms with E-state index in [-0.39, 0.29) is 11.3 Å². The number of halogens is 4. The van der Waals surface area contributed by atoms with E-state index in [2.05, 4.69) is 0 Å². The normalized spacial score (nSPS) is 12.4. The van der Waals surface area contributed by atoms with Crippen LogP contribution >= 0.6 is 0 Å². The molecule has 1 atom stereocenters. The molecule has 0 radical (unpaired) electrons. The number of rotatable bonds is 3. The minimum absolute atomic E-state index is 0.0384. The zero-order chi connectivity index (χ0) is 14.9. The van der Waals surface area contributed by atoms with Gasteiger partial charge in [-0.3, -0.25) is 4.21 Å². The third kappa shape index (κ3) is 3.16. The van der Waals surface area contributed by atoms with E-state index in [4.69, 9.17) is 5.73 Å². The van der Waals surface area contributed by atoms with Crippen LogP contribution in [0.4, 0.5) is 23.2 Å². The lowest BCUT2D eigenvalue weighted by Gasteiger charge is -2.07. The van der Waals surface area contributed by atoms with E-state index in [1.165, 1.54) is 0 Å². The van der Waals surface area contributed by atoms with E-state index in [9.17, 15) is 21.8 Å². The van der Waals surface area contributed by atoms with Gasteiger partial charge in [-0.25, -0.2) is 17.6 Å². The van der Waals surface area contributed by atoms with Crippen molar-refractivity contribution in [3.63, 3.8) is 0 Å². The van der Waals surface area contributed by atoms with Gasteiger partial charge < -0.3 is 5.73 Å². The molecule has 106 valence electrons. The number of hydrogen-bond donors (Lipinski definition) is 1. The monoisotopic (exact) mass is 303 g/mol. The van der Waals surface area contributed by atoms with Crippen LogP contribution in [0.2, 0.25) is 0 Å². The topological polar surface area (TPSA) is 43.1 Å². The molecule has 20 heavy (non-hydrogen) atoms. The van der Waals surface area contributed by atoms with Crippen molar-refractivity contribution in [1.29, 1.82) is 0 Å². The lowest BCUT2D eigenvalue weighted by Crippen LogP contribution is -2.04. The van der Waals surface area contributed by atoms with Gasteiger partial charge in [-0.2, -0.15) is 0 Å². The Kier molecular flexibility index (Phi) is 4.08. The lowest BCUT2D eigenvalue weighted by molar-refractivity contribution is 0.535. The molecule has 0 aliphatic rings. The van der Waals surface area contributed by atoms with Crippen molar-refractivity contribution < 1.29 is 21.8 Å². The molecule has 0 aliphatic carbocycles. The molecule has 0 fully saturated rings. The number of benzene rings is 2. The molecule has 0 heterocycles. The largest absolute Gasteiger partial charge is 0.399 e. The average Bonchev–Trinajstić information content (AvgIpc) is 2.25. The van der Waals surface area contributed by atoms with Gasteiger partial charge in [0, 0.05) is 11.8 Å². The molecule has 0 saturated heterocycles. The van der Waals surface area contributed by atoms with Gasteiger partial charge in [0.05, 0.1) is 16.6 Å². The van der Waals surface area contributed by atoms with Crippen molar-refractivity contribution in [3.8, 4) is 0 Å². The second kappa shape index (κ2) is 5.62. The molecule has 0 spiro atoms. The molecule has 0 bridgehead atoms. The highest BCUT2D eigenvalue weighted by Crippen LogP contribution is 2.23. The summed E-state index contributed by atoms with van der Waals surface area (Å²) in [4.78, 5) is -0.663. The quantitative estimate of drug-likeness (QED) is 0.699. The Morgan fingerprint density at radius 2 is 1.40 bits per heavy atom. The molecule has 0 aromatic heterocycles. The molecule has 1 unspecified atom stereocenters. The predicted molar refractivity (Wildman–Crippen MR) is 67.2 cm³/mol. The maximum Gasteiger partial charge on any atom is 0.144 e. The Hall–Kier alpha value is -1.89. The zero-order valence-electron chi connectivity index (χ0n) is 10.00. The second-order valence-electron chi connectivity index (χ2n) is 4.08. The van der Waals surface area contributed by atoms with E-state index in [0.717, 1.165) is 24.3 Å². The molecule has 2 aromatic rings. The highest BCUT2D eigenvalue weighted by Gasteiger charge is 2.18. The van der Waals surface area contributed by atoms with Gasteiger partial charge in [-0.05, 0) is 29.8 Å². The van der Waals surface area contributed by atoms with Gasteiger partial charge in [0.25, 0.3) is 0 Å². The van der Waals surface area contributed by atoms with Crippen LogP contribution in [0.5, 0.6) is 0 Å². The molecule has 0 saturated carbocycles. The Morgan fingerprint density at radius 1 is 0.900 bits per heavy atom. The van der Waals surface area contributed by atoms with Crippen molar-refractivity contribution in [1.82, 2.24) is 0 Å². The SMILES string of the molecule is Nc1cc(F)c(S(=O)Cc2cc(F)cc(F)c2)c(F)c1. The molecule has 2 rings (SSSR count). The summed E-state index contributed by atoms with van der Waals surface area (Å²) in [5, 5.41) is 0. The van der Waals surface area contributed by atoms with Crippen molar-refractivity contribution in [3.05, 3.63) is 59.2 Å². The Labute approximate surface area is 114 Å². The molecular weight excluding hydrogens is 294 g/mol. The summed E-state index contributed by atoms with van der Waals surface area (Å²) in [7, 11) is -2.12. The first-order valence-corrected chi connectivity index (χ1v) is 6.76. The first-order chi connectivity index (χ1) is 9.36. The number of anilines is 1. The fraction of sp³-hybridized carbons (Fsp3) is 0.0769. The number of nitrogens with two attached hydrogens (primary N) is 1. The van der Waals surface area contributed by atoms with E-state index in [0.29, 0.717) is 6.07 Å². The Bertz CT molecular complexity index is 647. The third-order valence-electron chi connectivity index (χ3n) is 2.47. The second-order valence-corrected chi connectivity index (χ2v) is 5.47. The van der Waals surface area contributed by atoms with Gasteiger partial charge in [0.1, 0.15) is 28.2 Å². The minimum atomic E-state index is -2.12. The summed E-state index contributed by atoms with van der Waals surface area (Å²) in [5.74, 6) is -4.23. The smallest absolute Gasteiger partial charge is 0.144 e. The van der Waals surface area contributed by atoms with E-state index < -0.39 is 44.7 Å². The number of nitrogen functional groups attached to an aromatic ring is 1. The van der Waals surface area contributed by atoms with Crippen molar-refractivity contribution >= 4 is 16.5 Å². The van der Waals surface area contributed by atoms with Gasteiger partial charge in [-0.15, -0.1) is 0 Å². The van der Waals surface area contributed by atoms with Gasteiger partial charge in [0.2, 0.25) is 0 Å². The summed E-state index contributed by atoms with van der Waals surface area (Å²) in [5.41, 5.74) is 5.14. The third-order valence-corrected chi connectivity index (χ3v) is 3.91. The van der Waals surface area contributed by atoms with Crippen LogP contribution in [0, 0.1) is 23.3 Å². The molecule has 7 heteroatoms. The highest BCUT2D eigenvalue weighted by molar-refractivity contribution is 7.84. The van der Waals surface area contributed by atoms with Crippen LogP contribution < -0.4 is 5.73 Å². The van der Waals surface area contributed by atoms with Crippen molar-refractivity contribution in [2.45, 2.75) is 10.6 Å². The first kappa shape index (κ1) is 14.5. The molecule has 2 nitrogen and oxygen atoms in total. The predicted octanol–water partition coefficient (Wildman–Crippen LogP) is 3.13. The van der Waals surface area contributed by atoms with Crippen molar-refractivity contribution in [2.75, 3.05) is 5.73 Å². The molecule has 0 aliphatic heterocycles. The van der Waals surface area contributed by atoms with Crippen molar-refractivity contribution in [2.24, 2.45) is 0 Å². The average molecular weight is 303 g/mol. The molecule has 2 aromatic carbocycles. The van der Waals surface area contributed by atoms with Gasteiger partial charge >= 0.3 is 0 Å². The number of hydrogen-bond acceptors (Lipinski definition) is 2. The summed E-state index contributed by atoms with van der Waals surface area (Å²) < 4.78 is 65.0.